The number of benzene rings is 2. The Morgan fingerprint density at radius 2 is 1.65 bits per heavy atom. The first kappa shape index (κ1) is 13.4. The lowest BCUT2D eigenvalue weighted by atomic mass is 10.00. The van der Waals surface area contributed by atoms with Crippen LogP contribution in [0.25, 0.3) is 10.8 Å². The lowest BCUT2D eigenvalue weighted by molar-refractivity contribution is 0.216. The number of hydrogen-bond donors (Lipinski definition) is 1. The molecule has 2 aromatic carbocycles. The van der Waals surface area contributed by atoms with Crippen molar-refractivity contribution in [1.82, 2.24) is 4.90 Å². The summed E-state index contributed by atoms with van der Waals surface area (Å²) in [5, 5.41) is 12.7. The minimum Gasteiger partial charge on any atom is -0.507 e. The van der Waals surface area contributed by atoms with Gasteiger partial charge in [-0.15, -0.1) is 0 Å². The summed E-state index contributed by atoms with van der Waals surface area (Å²) in [6.45, 7) is 4.51. The summed E-state index contributed by atoms with van der Waals surface area (Å²) in [5.41, 5.74) is 1.06. The SMILES string of the molecule is CC(c1ccc2ccccc2c1O)N1CCCCCC1. The molecule has 106 valence electrons. The highest BCUT2D eigenvalue weighted by molar-refractivity contribution is 5.89. The molecule has 0 amide bonds. The maximum atomic E-state index is 10.6. The average molecular weight is 269 g/mol. The van der Waals surface area contributed by atoms with E-state index in [1.807, 2.05) is 18.2 Å². The smallest absolute Gasteiger partial charge is 0.128 e. The minimum absolute atomic E-state index is 0.290. The van der Waals surface area contributed by atoms with E-state index in [1.165, 1.54) is 25.7 Å². The number of fused-ring (bicyclic) bond motifs is 1. The molecule has 0 aromatic heterocycles. The number of nitrogens with zero attached hydrogens (tertiary/aromatic N) is 1. The summed E-state index contributed by atoms with van der Waals surface area (Å²) in [5.74, 6) is 0.458. The van der Waals surface area contributed by atoms with Crippen molar-refractivity contribution in [3.63, 3.8) is 0 Å². The molecular formula is C18H23NO. The van der Waals surface area contributed by atoms with Gasteiger partial charge in [-0.1, -0.05) is 49.2 Å². The summed E-state index contributed by atoms with van der Waals surface area (Å²) >= 11 is 0. The molecule has 3 rings (SSSR count). The molecule has 1 saturated heterocycles. The van der Waals surface area contributed by atoms with Gasteiger partial charge >= 0.3 is 0 Å². The van der Waals surface area contributed by atoms with Crippen LogP contribution in [0, 0.1) is 0 Å². The summed E-state index contributed by atoms with van der Waals surface area (Å²) in [4.78, 5) is 2.51. The van der Waals surface area contributed by atoms with Crippen LogP contribution in [0.5, 0.6) is 5.75 Å². The van der Waals surface area contributed by atoms with Gasteiger partial charge in [0.15, 0.2) is 0 Å². The van der Waals surface area contributed by atoms with E-state index in [2.05, 4.69) is 30.0 Å². The predicted molar refractivity (Wildman–Crippen MR) is 84.1 cm³/mol. The predicted octanol–water partition coefficient (Wildman–Crippen LogP) is 4.48. The van der Waals surface area contributed by atoms with E-state index in [1.54, 1.807) is 0 Å². The number of phenols is 1. The number of phenolic OH excluding ortho intramolecular Hbond substituents is 1. The van der Waals surface area contributed by atoms with Gasteiger partial charge in [-0.2, -0.15) is 0 Å². The molecule has 0 aliphatic carbocycles. The molecular weight excluding hydrogens is 246 g/mol. The van der Waals surface area contributed by atoms with E-state index < -0.39 is 0 Å². The van der Waals surface area contributed by atoms with Gasteiger partial charge in [-0.3, -0.25) is 4.90 Å². The van der Waals surface area contributed by atoms with Gasteiger partial charge in [0.25, 0.3) is 0 Å². The van der Waals surface area contributed by atoms with Crippen LogP contribution in [0.15, 0.2) is 36.4 Å². The molecule has 1 aliphatic rings. The maximum absolute atomic E-state index is 10.6. The highest BCUT2D eigenvalue weighted by atomic mass is 16.3. The second kappa shape index (κ2) is 5.84. The topological polar surface area (TPSA) is 23.5 Å². The molecule has 2 nitrogen and oxygen atoms in total. The van der Waals surface area contributed by atoms with Crippen LogP contribution >= 0.6 is 0 Å². The molecule has 1 heterocycles. The zero-order chi connectivity index (χ0) is 13.9. The Morgan fingerprint density at radius 1 is 0.950 bits per heavy atom. The van der Waals surface area contributed by atoms with E-state index in [4.69, 9.17) is 0 Å². The highest BCUT2D eigenvalue weighted by Crippen LogP contribution is 2.35. The van der Waals surface area contributed by atoms with Crippen molar-refractivity contribution < 1.29 is 5.11 Å². The highest BCUT2D eigenvalue weighted by Gasteiger charge is 2.20. The molecule has 0 radical (unpaired) electrons. The Morgan fingerprint density at radius 3 is 2.40 bits per heavy atom. The monoisotopic (exact) mass is 269 g/mol. The summed E-state index contributed by atoms with van der Waals surface area (Å²) in [6, 6.07) is 12.6. The van der Waals surface area contributed by atoms with Crippen molar-refractivity contribution in [1.29, 1.82) is 0 Å². The van der Waals surface area contributed by atoms with E-state index >= 15 is 0 Å². The maximum Gasteiger partial charge on any atom is 0.128 e. The second-order valence-corrected chi connectivity index (χ2v) is 5.85. The normalized spacial score (nSPS) is 18.9. The summed E-state index contributed by atoms with van der Waals surface area (Å²) in [7, 11) is 0. The van der Waals surface area contributed by atoms with Crippen LogP contribution in [0.1, 0.15) is 44.2 Å². The van der Waals surface area contributed by atoms with Gasteiger partial charge in [-0.25, -0.2) is 0 Å². The molecule has 20 heavy (non-hydrogen) atoms. The first-order chi connectivity index (χ1) is 9.77. The third kappa shape index (κ3) is 2.53. The standard InChI is InChI=1S/C18H23NO/c1-14(19-12-6-2-3-7-13-19)16-11-10-15-8-4-5-9-17(15)18(16)20/h4-5,8-11,14,20H,2-3,6-7,12-13H2,1H3. The fourth-order valence-electron chi connectivity index (χ4n) is 3.29. The summed E-state index contributed by atoms with van der Waals surface area (Å²) in [6.07, 6.45) is 5.23. The molecule has 1 unspecified atom stereocenters. The van der Waals surface area contributed by atoms with E-state index in [0.29, 0.717) is 5.75 Å². The number of likely N-dealkylation sites (tertiary alicyclic amines) is 1. The first-order valence-electron chi connectivity index (χ1n) is 7.72. The first-order valence-corrected chi connectivity index (χ1v) is 7.72. The Kier molecular flexibility index (Phi) is 3.93. The minimum atomic E-state index is 0.290. The van der Waals surface area contributed by atoms with Crippen molar-refractivity contribution in [2.45, 2.75) is 38.6 Å². The van der Waals surface area contributed by atoms with Crippen molar-refractivity contribution in [2.75, 3.05) is 13.1 Å². The molecule has 0 spiro atoms. The molecule has 2 heteroatoms. The Balaban J connectivity index is 1.94. The van der Waals surface area contributed by atoms with Crippen molar-refractivity contribution in [3.8, 4) is 5.75 Å². The van der Waals surface area contributed by atoms with E-state index in [9.17, 15) is 5.11 Å². The second-order valence-electron chi connectivity index (χ2n) is 5.85. The van der Waals surface area contributed by atoms with Crippen LogP contribution < -0.4 is 0 Å². The van der Waals surface area contributed by atoms with Gasteiger partial charge < -0.3 is 5.11 Å². The van der Waals surface area contributed by atoms with Gasteiger partial charge in [0.05, 0.1) is 0 Å². The van der Waals surface area contributed by atoms with Crippen LogP contribution in [0.4, 0.5) is 0 Å². The lowest BCUT2D eigenvalue weighted by Gasteiger charge is -2.28. The van der Waals surface area contributed by atoms with Crippen LogP contribution in [0.2, 0.25) is 0 Å². The van der Waals surface area contributed by atoms with E-state index in [0.717, 1.165) is 29.4 Å². The zero-order valence-electron chi connectivity index (χ0n) is 12.2. The van der Waals surface area contributed by atoms with Gasteiger partial charge in [-0.05, 0) is 38.2 Å². The van der Waals surface area contributed by atoms with Crippen molar-refractivity contribution in [3.05, 3.63) is 42.0 Å². The average Bonchev–Trinajstić information content (AvgIpc) is 2.76. The van der Waals surface area contributed by atoms with Gasteiger partial charge in [0, 0.05) is 17.0 Å². The lowest BCUT2D eigenvalue weighted by Crippen LogP contribution is -2.28. The molecule has 1 atom stereocenters. The third-order valence-electron chi connectivity index (χ3n) is 4.57. The van der Waals surface area contributed by atoms with Crippen LogP contribution in [-0.2, 0) is 0 Å². The number of aromatic hydroxyl groups is 1. The fourth-order valence-corrected chi connectivity index (χ4v) is 3.29. The molecule has 1 N–H and O–H groups in total. The molecule has 1 fully saturated rings. The van der Waals surface area contributed by atoms with Gasteiger partial charge in [0.1, 0.15) is 5.75 Å². The van der Waals surface area contributed by atoms with Crippen molar-refractivity contribution >= 4 is 10.8 Å². The van der Waals surface area contributed by atoms with E-state index in [-0.39, 0.29) is 6.04 Å². The summed E-state index contributed by atoms with van der Waals surface area (Å²) < 4.78 is 0. The number of rotatable bonds is 2. The largest absolute Gasteiger partial charge is 0.507 e. The number of hydrogen-bond acceptors (Lipinski definition) is 2. The fraction of sp³-hybridized carbons (Fsp3) is 0.444. The zero-order valence-corrected chi connectivity index (χ0v) is 12.2. The molecule has 1 aliphatic heterocycles. The van der Waals surface area contributed by atoms with Crippen molar-refractivity contribution in [2.24, 2.45) is 0 Å². The van der Waals surface area contributed by atoms with Crippen LogP contribution in [-0.4, -0.2) is 23.1 Å². The quantitative estimate of drug-likeness (QED) is 0.868. The molecule has 0 saturated carbocycles. The Hall–Kier alpha value is -1.54. The third-order valence-corrected chi connectivity index (χ3v) is 4.57. The molecule has 0 bridgehead atoms. The Bertz CT molecular complexity index is 585. The molecule has 2 aromatic rings. The van der Waals surface area contributed by atoms with Crippen LogP contribution in [0.3, 0.4) is 0 Å². The van der Waals surface area contributed by atoms with Gasteiger partial charge in [0.2, 0.25) is 0 Å². The Labute approximate surface area is 121 Å².